The second-order valence-electron chi connectivity index (χ2n) is 5.44. The molecule has 1 unspecified atom stereocenters. The van der Waals surface area contributed by atoms with Gasteiger partial charge in [0.1, 0.15) is 0 Å². The van der Waals surface area contributed by atoms with E-state index in [-0.39, 0.29) is 29.4 Å². The van der Waals surface area contributed by atoms with Gasteiger partial charge in [-0.2, -0.15) is 0 Å². The van der Waals surface area contributed by atoms with Crippen LogP contribution in [0.3, 0.4) is 0 Å². The van der Waals surface area contributed by atoms with Gasteiger partial charge in [0.25, 0.3) is 0 Å². The third-order valence-electron chi connectivity index (χ3n) is 3.95. The van der Waals surface area contributed by atoms with Crippen LogP contribution in [-0.4, -0.2) is 24.2 Å². The van der Waals surface area contributed by atoms with Crippen LogP contribution < -0.4 is 22.5 Å². The first-order valence-electron chi connectivity index (χ1n) is 7.07. The Morgan fingerprint density at radius 2 is 2.25 bits per heavy atom. The van der Waals surface area contributed by atoms with Crippen LogP contribution in [0.2, 0.25) is 5.02 Å². The molecule has 0 aliphatic carbocycles. The molecule has 2 N–H and O–H groups in total. The zero-order valence-corrected chi connectivity index (χ0v) is 17.3. The molecule has 2 aromatic rings. The molecular weight excluding hydrogens is 557 g/mol. The van der Waals surface area contributed by atoms with E-state index in [0.717, 1.165) is 3.57 Å². The molecule has 2 aliphatic rings. The Kier molecular flexibility index (Phi) is 4.30. The first-order valence-corrected chi connectivity index (χ1v) is 17.9. The van der Waals surface area contributed by atoms with E-state index in [9.17, 15) is 14.7 Å². The number of fused-ring (bicyclic) bond motifs is 1. The van der Waals surface area contributed by atoms with Crippen molar-refractivity contribution in [2.45, 2.75) is 12.0 Å². The van der Waals surface area contributed by atoms with Gasteiger partial charge in [-0.05, 0) is 0 Å². The average Bonchev–Trinajstić information content (AvgIpc) is 3.38. The number of amides is 1. The van der Waals surface area contributed by atoms with Gasteiger partial charge in [-0.15, -0.1) is 0 Å². The van der Waals surface area contributed by atoms with E-state index >= 15 is 0 Å². The zero-order valence-electron chi connectivity index (χ0n) is 12.2. The molecule has 4 rings (SSSR count). The van der Waals surface area contributed by atoms with Crippen LogP contribution in [0.1, 0.15) is 22.3 Å². The van der Waals surface area contributed by atoms with Crippen molar-refractivity contribution in [3.05, 3.63) is 56.4 Å². The molecule has 8 heteroatoms. The van der Waals surface area contributed by atoms with E-state index in [0.29, 0.717) is 21.8 Å². The van der Waals surface area contributed by atoms with Gasteiger partial charge in [-0.25, -0.2) is 0 Å². The molecule has 0 saturated carbocycles. The van der Waals surface area contributed by atoms with Crippen LogP contribution in [0.4, 0.5) is 5.69 Å². The van der Waals surface area contributed by atoms with E-state index in [4.69, 9.17) is 11.6 Å². The molecule has 1 amide bonds. The molecule has 5 nitrogen and oxygen atoms in total. The van der Waals surface area contributed by atoms with Gasteiger partial charge < -0.3 is 0 Å². The van der Waals surface area contributed by atoms with Crippen LogP contribution in [-0.2, 0) is 10.4 Å². The van der Waals surface area contributed by atoms with Crippen molar-refractivity contribution in [1.82, 2.24) is 4.98 Å². The Morgan fingerprint density at radius 3 is 2.92 bits per heavy atom. The summed E-state index contributed by atoms with van der Waals surface area (Å²) in [7, 11) is 0. The van der Waals surface area contributed by atoms with Gasteiger partial charge in [-0.3, -0.25) is 0 Å². The third-order valence-corrected chi connectivity index (χ3v) is 18.3. The van der Waals surface area contributed by atoms with E-state index in [1.54, 1.807) is 24.4 Å². The summed E-state index contributed by atoms with van der Waals surface area (Å²) in [5.41, 5.74) is -0.423. The number of halogens is 3. The molecule has 3 heterocycles. The summed E-state index contributed by atoms with van der Waals surface area (Å²) in [6, 6.07) is 7.01. The van der Waals surface area contributed by atoms with Gasteiger partial charge in [-0.1, -0.05) is 0 Å². The van der Waals surface area contributed by atoms with Gasteiger partial charge >= 0.3 is 158 Å². The summed E-state index contributed by atoms with van der Waals surface area (Å²) in [5, 5.41) is 14.2. The summed E-state index contributed by atoms with van der Waals surface area (Å²) in [4.78, 5) is 29.0. The Labute approximate surface area is 156 Å². The van der Waals surface area contributed by atoms with Crippen molar-refractivity contribution in [3.8, 4) is 0 Å². The van der Waals surface area contributed by atoms with Gasteiger partial charge in [0.15, 0.2) is 0 Å². The molecule has 1 saturated heterocycles. The Bertz CT molecular complexity index is 858. The summed E-state index contributed by atoms with van der Waals surface area (Å²) >= 11 is 5.26. The number of benzene rings is 1. The van der Waals surface area contributed by atoms with Crippen LogP contribution >= 0.6 is 27.4 Å². The number of nitrogens with zero attached hydrogens (tertiary/aromatic N) is 1. The fourth-order valence-corrected chi connectivity index (χ4v) is 17.6. The molecule has 2 aliphatic heterocycles. The number of carbonyl (C=O) groups is 2. The predicted octanol–water partition coefficient (Wildman–Crippen LogP) is -0.201. The number of ketones is 1. The zero-order chi connectivity index (χ0) is 16.9. The van der Waals surface area contributed by atoms with Crippen molar-refractivity contribution >= 4 is 44.8 Å². The Morgan fingerprint density at radius 1 is 1.46 bits per heavy atom. The molecule has 0 bridgehead atoms. The summed E-state index contributed by atoms with van der Waals surface area (Å²) < 4.78 is 2.38. The summed E-state index contributed by atoms with van der Waals surface area (Å²) in [5.74, 6) is -0.881. The molecule has 0 radical (unpaired) electrons. The number of carbonyl (C=O) groups excluding carboxylic acids is 2. The topological polar surface area (TPSA) is 79.3 Å². The first-order chi connectivity index (χ1) is 11.5. The maximum atomic E-state index is 12.5. The summed E-state index contributed by atoms with van der Waals surface area (Å²) in [6.45, 7) is 0. The van der Waals surface area contributed by atoms with Crippen molar-refractivity contribution in [2.24, 2.45) is 0 Å². The van der Waals surface area contributed by atoms with Crippen molar-refractivity contribution in [3.63, 3.8) is 0 Å². The molecule has 1 fully saturated rings. The number of pyridine rings is 1. The van der Waals surface area contributed by atoms with Gasteiger partial charge in [0, 0.05) is 0 Å². The van der Waals surface area contributed by atoms with Crippen LogP contribution in [0, 0.1) is 3.57 Å². The van der Waals surface area contributed by atoms with E-state index < -0.39 is 27.4 Å². The quantitative estimate of drug-likeness (QED) is 0.304. The molecule has 1 aromatic carbocycles. The summed E-state index contributed by atoms with van der Waals surface area (Å²) in [6.07, 6.45) is 2.72. The number of rotatable bonds is 4. The second-order valence-corrected chi connectivity index (χ2v) is 24.3. The number of Topliss-reactive ketones (excluding diaryl/α,β-unsaturated/α-hetero) is 1. The standard InChI is InChI=1S/C16H12ClI2N2O3/c17-10-3-4-11(19-8-18-19)13-14(10)21-15(23)16(13,24)6-12(22)9-2-1-5-20-7-9/h1-5,7,24H,6,8H2,(H,21,23)/q-1. The third kappa shape index (κ3) is 2.74. The monoisotopic (exact) mass is 569 g/mol. The van der Waals surface area contributed by atoms with E-state index in [2.05, 4.69) is 10.3 Å². The molecule has 0 spiro atoms. The number of nitrogens with one attached hydrogen (secondary N) is 1. The second kappa shape index (κ2) is 6.19. The minimum absolute atomic E-state index is 0.224. The average molecular weight is 570 g/mol. The molecule has 1 atom stereocenters. The SMILES string of the molecule is O=C(CC1(O)C(=O)Nc2c(Cl)ccc(I3C[I-]3)c21)c1cccnc1. The predicted molar refractivity (Wildman–Crippen MR) is 94.7 cm³/mol. The van der Waals surface area contributed by atoms with E-state index in [1.165, 1.54) is 8.63 Å². The Balaban J connectivity index is 1.78. The molecule has 126 valence electrons. The minimum atomic E-state index is -1.84. The molecule has 1 aromatic heterocycles. The van der Waals surface area contributed by atoms with Crippen LogP contribution in [0.25, 0.3) is 0 Å². The molecule has 24 heavy (non-hydrogen) atoms. The van der Waals surface area contributed by atoms with Crippen molar-refractivity contribution in [1.29, 1.82) is 0 Å². The van der Waals surface area contributed by atoms with E-state index in [1.807, 2.05) is 6.07 Å². The maximum absolute atomic E-state index is 12.5. The van der Waals surface area contributed by atoms with Crippen molar-refractivity contribution in [2.75, 3.05) is 7.75 Å². The number of hydrogen-bond acceptors (Lipinski definition) is 4. The fourth-order valence-electron chi connectivity index (χ4n) is 2.74. The number of hydrogen-bond donors (Lipinski definition) is 2. The van der Waals surface area contributed by atoms with Gasteiger partial charge in [0.2, 0.25) is 0 Å². The number of anilines is 1. The first kappa shape index (κ1) is 16.7. The fraction of sp³-hybridized carbons (Fsp3) is 0.188. The Hall–Kier alpha value is -0.780. The number of aliphatic hydroxyl groups is 1. The van der Waals surface area contributed by atoms with Crippen molar-refractivity contribution < 1.29 is 31.9 Å². The van der Waals surface area contributed by atoms with Crippen LogP contribution in [0.5, 0.6) is 0 Å². The number of alkyl halides is 2. The molecular formula is C16H12ClI2N2O3-. The van der Waals surface area contributed by atoms with Crippen LogP contribution in [0.15, 0.2) is 36.7 Å². The number of aromatic nitrogens is 1. The van der Waals surface area contributed by atoms with Gasteiger partial charge in [0.05, 0.1) is 0 Å². The normalized spacial score (nSPS) is 23.2.